The number of hydrogen-bond donors (Lipinski definition) is 15. The van der Waals surface area contributed by atoms with Gasteiger partial charge >= 0.3 is 75.4 Å². The van der Waals surface area contributed by atoms with E-state index in [0.29, 0.717) is 25.7 Å². The van der Waals surface area contributed by atoms with Gasteiger partial charge in [0, 0.05) is 37.0 Å². The quantitative estimate of drug-likeness (QED) is 0.0307. The molecule has 0 aromatic heterocycles. The van der Waals surface area contributed by atoms with Gasteiger partial charge < -0.3 is 53.0 Å². The molecule has 0 amide bonds. The average molecular weight is 869 g/mol. The summed E-state index contributed by atoms with van der Waals surface area (Å²) in [6, 6.07) is -1.45. The van der Waals surface area contributed by atoms with Gasteiger partial charge in [-0.05, 0) is 31.7 Å². The Morgan fingerprint density at radius 3 is 1.82 bits per heavy atom. The van der Waals surface area contributed by atoms with Crippen LogP contribution < -0.4 is 134 Å². The summed E-state index contributed by atoms with van der Waals surface area (Å²) >= 11 is 0. The van der Waals surface area contributed by atoms with Crippen molar-refractivity contribution in [1.82, 2.24) is 63.4 Å². The molecule has 0 aromatic carbocycles. The first-order chi connectivity index (χ1) is 26.8. The molecule has 3 saturated carbocycles. The second-order valence-corrected chi connectivity index (χ2v) is 18.5. The smallest absolute Gasteiger partial charge is 0.748 e. The molecule has 5 rings (SSSR count). The van der Waals surface area contributed by atoms with Gasteiger partial charge in [0.2, 0.25) is 0 Å². The summed E-state index contributed by atoms with van der Waals surface area (Å²) in [5.74, 6) is 0. The van der Waals surface area contributed by atoms with Gasteiger partial charge in [-0.25, -0.2) is 16.8 Å². The van der Waals surface area contributed by atoms with Crippen molar-refractivity contribution in [3.05, 3.63) is 12.8 Å². The maximum atomic E-state index is 12.1. The Morgan fingerprint density at radius 2 is 1.27 bits per heavy atom. The van der Waals surface area contributed by atoms with Crippen LogP contribution in [0.15, 0.2) is 0 Å². The number of aliphatic hydroxyl groups is 4. The van der Waals surface area contributed by atoms with Crippen molar-refractivity contribution in [2.45, 2.75) is 143 Å². The normalized spacial score (nSPS) is 34.6. The molecule has 328 valence electrons. The van der Waals surface area contributed by atoms with Crippen molar-refractivity contribution in [2.75, 3.05) is 46.1 Å². The van der Waals surface area contributed by atoms with Crippen LogP contribution in [0.2, 0.25) is 0 Å². The molecule has 28 heteroatoms. The van der Waals surface area contributed by atoms with E-state index < -0.39 is 80.4 Å². The minimum absolute atomic E-state index is 0. The van der Waals surface area contributed by atoms with E-state index in [4.69, 9.17) is 0 Å². The van der Waals surface area contributed by atoms with Crippen LogP contribution >= 0.6 is 0 Å². The summed E-state index contributed by atoms with van der Waals surface area (Å²) < 4.78 is 71.8. The number of hydrogen-bond acceptors (Lipinski definition) is 22. The van der Waals surface area contributed by atoms with E-state index in [9.17, 15) is 46.4 Å². The van der Waals surface area contributed by atoms with Crippen molar-refractivity contribution in [3.8, 4) is 0 Å². The maximum absolute atomic E-state index is 12.1. The first-order valence-corrected chi connectivity index (χ1v) is 22.8. The molecule has 5 aliphatic rings. The molecule has 22 nitrogen and oxygen atoms in total. The van der Waals surface area contributed by atoms with E-state index in [2.05, 4.69) is 58.5 Å². The summed E-state index contributed by atoms with van der Waals surface area (Å²) in [7, 11) is -8.98. The van der Waals surface area contributed by atoms with Gasteiger partial charge in [-0.3, -0.25) is 52.8 Å². The second-order valence-electron chi connectivity index (χ2n) is 15.3. The largest absolute Gasteiger partial charge is 1.00 e. The van der Waals surface area contributed by atoms with Crippen LogP contribution in [-0.2, 0) is 20.2 Å². The minimum atomic E-state index is -4.54. The van der Waals surface area contributed by atoms with Crippen LogP contribution in [0, 0.1) is 12.8 Å². The SMILES string of the molecule is O=S(=O)([O-])C1CC[CH-]C(NC2NC(NC3CCCC(NC4NC(NC5C[CH-]CCC5S(=O)(=O)[O-])NC(C(CO)NCCO)N4)C3)NC(N(CCO)CCO)N2)C1.[Li+].[Li+].[Li+].[Li+]. The van der Waals surface area contributed by atoms with Crippen LogP contribution in [0.3, 0.4) is 0 Å². The zero-order chi connectivity index (χ0) is 40.3. The predicted octanol–water partition coefficient (Wildman–Crippen LogP) is -18.4. The third-order valence-electron chi connectivity index (χ3n) is 11.3. The number of rotatable bonds is 20. The van der Waals surface area contributed by atoms with Crippen LogP contribution in [0.5, 0.6) is 0 Å². The Bertz CT molecular complexity index is 1410. The molecule has 60 heavy (non-hydrogen) atoms. The van der Waals surface area contributed by atoms with Crippen LogP contribution in [0.25, 0.3) is 0 Å². The molecular formula is C32H64Li4N12O10S2. The molecule has 3 aliphatic carbocycles. The Morgan fingerprint density at radius 1 is 0.683 bits per heavy atom. The molecule has 13 unspecified atom stereocenters. The maximum Gasteiger partial charge on any atom is 1.00 e. The Labute approximate surface area is 403 Å². The fourth-order valence-corrected chi connectivity index (χ4v) is 10.4. The first-order valence-electron chi connectivity index (χ1n) is 19.8. The van der Waals surface area contributed by atoms with E-state index in [1.54, 1.807) is 0 Å². The number of nitrogens with one attached hydrogen (secondary N) is 11. The van der Waals surface area contributed by atoms with Crippen molar-refractivity contribution in [2.24, 2.45) is 0 Å². The van der Waals surface area contributed by atoms with Crippen LogP contribution in [-0.4, -0.2) is 176 Å². The third-order valence-corrected chi connectivity index (χ3v) is 13.8. The van der Waals surface area contributed by atoms with Gasteiger partial charge in [0.05, 0.1) is 64.1 Å². The number of nitrogens with zero attached hydrogens (tertiary/aromatic N) is 1. The van der Waals surface area contributed by atoms with Crippen molar-refractivity contribution in [1.29, 1.82) is 0 Å². The standard InChI is InChI=1S/C32H66N12O10S2.4Li/c45-14-11-33-25(19-48)27-38-28(40-31(39-27)37-24-9-1-2-10-26(24)56(52,53)54)34-20-5-3-6-21(17-20)35-29-41-30(43-32(42-29)44(12-15-46)13-16-47)36-22-7-4-8-23(18-22)55(49,50)51;;;;/h1,7,20-43,45-48H,2-6,8-19H2,(H,49,50,51)(H,52,53,54);;;;/q-2;4*+1/p-2. The van der Waals surface area contributed by atoms with E-state index in [-0.39, 0.29) is 159 Å². The van der Waals surface area contributed by atoms with E-state index in [0.717, 1.165) is 19.3 Å². The fraction of sp³-hybridized carbons (Fsp3) is 0.938. The van der Waals surface area contributed by atoms with E-state index >= 15 is 0 Å². The summed E-state index contributed by atoms with van der Waals surface area (Å²) in [6.45, 7) is 0.134. The van der Waals surface area contributed by atoms with Crippen molar-refractivity contribution in [3.63, 3.8) is 0 Å². The third kappa shape index (κ3) is 18.7. The molecule has 2 heterocycles. The molecule has 0 bridgehead atoms. The average Bonchev–Trinajstić information content (AvgIpc) is 3.14. The molecule has 0 radical (unpaired) electrons. The van der Waals surface area contributed by atoms with Gasteiger partial charge in [0.25, 0.3) is 0 Å². The Balaban J connectivity index is 0.00000450. The topological polar surface area (TPSA) is 331 Å². The van der Waals surface area contributed by atoms with Crippen LogP contribution in [0.4, 0.5) is 0 Å². The molecule has 15 N–H and O–H groups in total. The molecule has 0 aromatic rings. The molecular weight excluding hydrogens is 804 g/mol. The van der Waals surface area contributed by atoms with E-state index in [1.165, 1.54) is 0 Å². The molecule has 13 atom stereocenters. The molecule has 2 saturated heterocycles. The molecule has 0 spiro atoms. The molecule has 5 fully saturated rings. The van der Waals surface area contributed by atoms with Gasteiger partial charge in [-0.1, -0.05) is 19.3 Å². The summed E-state index contributed by atoms with van der Waals surface area (Å²) in [5.41, 5.74) is 0. The Hall–Kier alpha value is 1.57. The summed E-state index contributed by atoms with van der Waals surface area (Å²) in [4.78, 5) is 1.86. The van der Waals surface area contributed by atoms with Crippen molar-refractivity contribution >= 4 is 20.2 Å². The summed E-state index contributed by atoms with van der Waals surface area (Å²) in [6.07, 6.45) is 6.21. The van der Waals surface area contributed by atoms with Gasteiger partial charge in [0.15, 0.2) is 0 Å². The van der Waals surface area contributed by atoms with Gasteiger partial charge in [-0.15, -0.1) is 6.04 Å². The fourth-order valence-electron chi connectivity index (χ4n) is 8.51. The summed E-state index contributed by atoms with van der Waals surface area (Å²) in [5, 5.41) is 74.6. The minimum Gasteiger partial charge on any atom is -0.748 e. The van der Waals surface area contributed by atoms with Gasteiger partial charge in [-0.2, -0.15) is 19.3 Å². The Kier molecular flexibility index (Phi) is 29.2. The zero-order valence-electron chi connectivity index (χ0n) is 35.7. The first kappa shape index (κ1) is 59.6. The van der Waals surface area contributed by atoms with Crippen LogP contribution in [0.1, 0.15) is 64.2 Å². The van der Waals surface area contributed by atoms with Gasteiger partial charge in [0.1, 0.15) is 31.4 Å². The van der Waals surface area contributed by atoms with Crippen molar-refractivity contribution < 1.29 is 122 Å². The zero-order valence-corrected chi connectivity index (χ0v) is 37.3. The molecule has 2 aliphatic heterocycles. The van der Waals surface area contributed by atoms with E-state index in [1.807, 2.05) is 17.7 Å². The second kappa shape index (κ2) is 29.4. The number of aliphatic hydroxyl groups excluding tert-OH is 4. The predicted molar refractivity (Wildman–Crippen MR) is 203 cm³/mol. The monoisotopic (exact) mass is 868 g/mol.